The Morgan fingerprint density at radius 1 is 1.29 bits per heavy atom. The highest BCUT2D eigenvalue weighted by molar-refractivity contribution is 5.46. The normalized spacial score (nSPS) is 9.50. The van der Waals surface area contributed by atoms with Crippen LogP contribution in [0.5, 0.6) is 0 Å². The smallest absolute Gasteiger partial charge is 0.0364 e. The van der Waals surface area contributed by atoms with Gasteiger partial charge in [0.05, 0.1) is 0 Å². The number of hydrogen-bond donors (Lipinski definition) is 0. The van der Waals surface area contributed by atoms with Gasteiger partial charge in [-0.05, 0) is 24.1 Å². The minimum absolute atomic E-state index is 0.798. The van der Waals surface area contributed by atoms with Crippen LogP contribution in [0.3, 0.4) is 0 Å². The zero-order valence-electron chi connectivity index (χ0n) is 8.96. The summed E-state index contributed by atoms with van der Waals surface area (Å²) in [5.74, 6) is 2.65. The molecular weight excluding hydrogens is 170 g/mol. The van der Waals surface area contributed by atoms with Crippen molar-refractivity contribution >= 4 is 5.69 Å². The second-order valence-corrected chi connectivity index (χ2v) is 3.40. The average molecular weight is 187 g/mol. The van der Waals surface area contributed by atoms with E-state index in [1.54, 1.807) is 0 Å². The van der Waals surface area contributed by atoms with Gasteiger partial charge in [-0.3, -0.25) is 0 Å². The van der Waals surface area contributed by atoms with Crippen molar-refractivity contribution in [3.8, 4) is 12.3 Å². The number of aryl methyl sites for hydroxylation is 1. The van der Waals surface area contributed by atoms with E-state index in [-0.39, 0.29) is 0 Å². The van der Waals surface area contributed by atoms with E-state index in [1.807, 2.05) is 0 Å². The fourth-order valence-electron chi connectivity index (χ4n) is 1.35. The number of nitrogens with zero attached hydrogens (tertiary/aromatic N) is 1. The molecule has 0 saturated carbocycles. The monoisotopic (exact) mass is 187 g/mol. The summed E-state index contributed by atoms with van der Waals surface area (Å²) in [5.41, 5.74) is 2.61. The van der Waals surface area contributed by atoms with Gasteiger partial charge in [0.15, 0.2) is 0 Å². The molecular formula is C13H17N. The van der Waals surface area contributed by atoms with Gasteiger partial charge in [-0.2, -0.15) is 0 Å². The highest BCUT2D eigenvalue weighted by Gasteiger charge is 1.98. The molecule has 0 fully saturated rings. The minimum atomic E-state index is 0.798. The lowest BCUT2D eigenvalue weighted by Crippen LogP contribution is -2.17. The summed E-state index contributed by atoms with van der Waals surface area (Å²) in [4.78, 5) is 2.18. The Morgan fingerprint density at radius 2 is 1.93 bits per heavy atom. The molecule has 0 amide bonds. The highest BCUT2D eigenvalue weighted by atomic mass is 15.1. The van der Waals surface area contributed by atoms with E-state index in [0.29, 0.717) is 0 Å². The van der Waals surface area contributed by atoms with E-state index >= 15 is 0 Å². The molecule has 74 valence electrons. The molecule has 0 aliphatic carbocycles. The molecule has 1 heteroatoms. The summed E-state index contributed by atoms with van der Waals surface area (Å²) in [7, 11) is 2.07. The lowest BCUT2D eigenvalue weighted by atomic mass is 10.1. The van der Waals surface area contributed by atoms with Crippen LogP contribution in [0.4, 0.5) is 5.69 Å². The maximum atomic E-state index is 5.22. The van der Waals surface area contributed by atoms with Crippen LogP contribution in [0.15, 0.2) is 24.3 Å². The maximum Gasteiger partial charge on any atom is 0.0364 e. The molecule has 0 radical (unpaired) electrons. The zero-order chi connectivity index (χ0) is 10.4. The van der Waals surface area contributed by atoms with Gasteiger partial charge >= 0.3 is 0 Å². The van der Waals surface area contributed by atoms with Gasteiger partial charge < -0.3 is 4.90 Å². The van der Waals surface area contributed by atoms with Crippen molar-refractivity contribution in [3.05, 3.63) is 29.8 Å². The molecule has 0 heterocycles. The summed E-state index contributed by atoms with van der Waals surface area (Å²) in [5, 5.41) is 0. The first-order chi connectivity index (χ1) is 6.77. The molecule has 0 saturated heterocycles. The molecule has 0 N–H and O–H groups in total. The van der Waals surface area contributed by atoms with Crippen LogP contribution in [0.25, 0.3) is 0 Å². The van der Waals surface area contributed by atoms with Crippen LogP contribution in [-0.2, 0) is 6.42 Å². The third-order valence-electron chi connectivity index (χ3n) is 2.38. The second-order valence-electron chi connectivity index (χ2n) is 3.40. The van der Waals surface area contributed by atoms with E-state index in [2.05, 4.69) is 49.1 Å². The van der Waals surface area contributed by atoms with Crippen molar-refractivity contribution in [2.24, 2.45) is 0 Å². The molecule has 1 aromatic carbocycles. The predicted molar refractivity (Wildman–Crippen MR) is 62.5 cm³/mol. The quantitative estimate of drug-likeness (QED) is 0.655. The van der Waals surface area contributed by atoms with Crippen LogP contribution in [-0.4, -0.2) is 13.6 Å². The number of terminal acetylenes is 1. The summed E-state index contributed by atoms with van der Waals surface area (Å²) < 4.78 is 0. The van der Waals surface area contributed by atoms with Gasteiger partial charge in [0.25, 0.3) is 0 Å². The van der Waals surface area contributed by atoms with Gasteiger partial charge in [0.1, 0.15) is 0 Å². The first-order valence-corrected chi connectivity index (χ1v) is 5.01. The van der Waals surface area contributed by atoms with Crippen molar-refractivity contribution in [2.75, 3.05) is 18.5 Å². The first kappa shape index (κ1) is 10.7. The van der Waals surface area contributed by atoms with Gasteiger partial charge in [0.2, 0.25) is 0 Å². The fraction of sp³-hybridized carbons (Fsp3) is 0.385. The van der Waals surface area contributed by atoms with E-state index < -0.39 is 0 Å². The number of hydrogen-bond acceptors (Lipinski definition) is 1. The number of rotatable bonds is 4. The molecule has 0 aliphatic rings. The number of anilines is 1. The van der Waals surface area contributed by atoms with E-state index in [0.717, 1.165) is 19.4 Å². The first-order valence-electron chi connectivity index (χ1n) is 5.01. The molecule has 0 unspecified atom stereocenters. The van der Waals surface area contributed by atoms with Crippen LogP contribution in [0.1, 0.15) is 18.9 Å². The SMILES string of the molecule is C#CCCN(C)c1ccc(CC)cc1. The molecule has 14 heavy (non-hydrogen) atoms. The fourth-order valence-corrected chi connectivity index (χ4v) is 1.35. The standard InChI is InChI=1S/C13H17N/c1-4-6-11-14(3)13-9-7-12(5-2)8-10-13/h1,7-10H,5-6,11H2,2-3H3. The average Bonchev–Trinajstić information content (AvgIpc) is 2.26. The zero-order valence-corrected chi connectivity index (χ0v) is 8.96. The van der Waals surface area contributed by atoms with E-state index in [9.17, 15) is 0 Å². The third-order valence-corrected chi connectivity index (χ3v) is 2.38. The third kappa shape index (κ3) is 2.81. The van der Waals surface area contributed by atoms with Crippen LogP contribution < -0.4 is 4.90 Å². The Bertz CT molecular complexity index is 305. The van der Waals surface area contributed by atoms with Crippen molar-refractivity contribution in [1.29, 1.82) is 0 Å². The van der Waals surface area contributed by atoms with Gasteiger partial charge in [-0.15, -0.1) is 12.3 Å². The molecule has 1 nitrogen and oxygen atoms in total. The molecule has 0 aliphatic heterocycles. The summed E-state index contributed by atoms with van der Waals surface area (Å²) in [6.07, 6.45) is 7.11. The van der Waals surface area contributed by atoms with Crippen molar-refractivity contribution in [3.63, 3.8) is 0 Å². The Hall–Kier alpha value is -1.42. The Kier molecular flexibility index (Phi) is 4.07. The Balaban J connectivity index is 2.62. The predicted octanol–water partition coefficient (Wildman–Crippen LogP) is 2.71. The number of benzene rings is 1. The minimum Gasteiger partial charge on any atom is -0.374 e. The van der Waals surface area contributed by atoms with Crippen LogP contribution in [0.2, 0.25) is 0 Å². The van der Waals surface area contributed by atoms with Crippen LogP contribution in [0, 0.1) is 12.3 Å². The highest BCUT2D eigenvalue weighted by Crippen LogP contribution is 2.14. The van der Waals surface area contributed by atoms with Crippen molar-refractivity contribution in [2.45, 2.75) is 19.8 Å². The van der Waals surface area contributed by atoms with E-state index in [1.165, 1.54) is 11.3 Å². The summed E-state index contributed by atoms with van der Waals surface area (Å²) in [6.45, 7) is 3.08. The lowest BCUT2D eigenvalue weighted by molar-refractivity contribution is 0.912. The Morgan fingerprint density at radius 3 is 2.43 bits per heavy atom. The Labute approximate surface area is 86.7 Å². The molecule has 1 rings (SSSR count). The molecule has 0 spiro atoms. The van der Waals surface area contributed by atoms with Gasteiger partial charge in [0, 0.05) is 25.7 Å². The summed E-state index contributed by atoms with van der Waals surface area (Å²) >= 11 is 0. The van der Waals surface area contributed by atoms with Crippen molar-refractivity contribution < 1.29 is 0 Å². The molecule has 0 atom stereocenters. The lowest BCUT2D eigenvalue weighted by Gasteiger charge is -2.18. The molecule has 0 bridgehead atoms. The second kappa shape index (κ2) is 5.34. The van der Waals surface area contributed by atoms with Crippen LogP contribution >= 0.6 is 0 Å². The molecule has 0 aromatic heterocycles. The molecule has 1 aromatic rings. The maximum absolute atomic E-state index is 5.22. The van der Waals surface area contributed by atoms with Gasteiger partial charge in [-0.1, -0.05) is 19.1 Å². The topological polar surface area (TPSA) is 3.24 Å². The van der Waals surface area contributed by atoms with E-state index in [4.69, 9.17) is 6.42 Å². The largest absolute Gasteiger partial charge is 0.374 e. The van der Waals surface area contributed by atoms with Crippen molar-refractivity contribution in [1.82, 2.24) is 0 Å². The summed E-state index contributed by atoms with van der Waals surface area (Å²) in [6, 6.07) is 8.63. The van der Waals surface area contributed by atoms with Gasteiger partial charge in [-0.25, -0.2) is 0 Å².